The average Bonchev–Trinajstić information content (AvgIpc) is 2.60. The Balaban J connectivity index is 2.64. The average molecular weight is 214 g/mol. The van der Waals surface area contributed by atoms with E-state index in [1.54, 1.807) is 6.92 Å². The van der Waals surface area contributed by atoms with Crippen LogP contribution in [-0.4, -0.2) is 35.8 Å². The van der Waals surface area contributed by atoms with Gasteiger partial charge in [0.05, 0.1) is 11.5 Å². The Hall–Kier alpha value is -1.14. The second-order valence-electron chi connectivity index (χ2n) is 4.33. The van der Waals surface area contributed by atoms with Crippen LogP contribution < -0.4 is 17.0 Å². The van der Waals surface area contributed by atoms with Gasteiger partial charge in [0.2, 0.25) is 5.91 Å². The fourth-order valence-electron chi connectivity index (χ4n) is 1.81. The zero-order valence-corrected chi connectivity index (χ0v) is 9.12. The van der Waals surface area contributed by atoms with Gasteiger partial charge in [0, 0.05) is 13.1 Å². The summed E-state index contributed by atoms with van der Waals surface area (Å²) >= 11 is 0. The molecule has 0 aromatic carbocycles. The highest BCUT2D eigenvalue weighted by atomic mass is 16.2. The number of nitrogens with two attached hydrogens (primary N) is 2. The fraction of sp³-hybridized carbons (Fsp3) is 0.778. The minimum absolute atomic E-state index is 0.247. The third-order valence-corrected chi connectivity index (χ3v) is 3.17. The molecule has 0 aromatic heterocycles. The molecule has 2 amide bonds. The molecule has 0 aliphatic carbocycles. The van der Waals surface area contributed by atoms with E-state index in [-0.39, 0.29) is 17.9 Å². The topological polar surface area (TPSA) is 101 Å². The van der Waals surface area contributed by atoms with Crippen molar-refractivity contribution in [3.8, 4) is 0 Å². The third kappa shape index (κ3) is 2.27. The molecule has 0 spiro atoms. The quantitative estimate of drug-likeness (QED) is 0.304. The van der Waals surface area contributed by atoms with Crippen molar-refractivity contribution in [2.45, 2.75) is 26.3 Å². The Kier molecular flexibility index (Phi) is 3.31. The van der Waals surface area contributed by atoms with Crippen LogP contribution in [0.2, 0.25) is 0 Å². The minimum Gasteiger partial charge on any atom is -0.369 e. The van der Waals surface area contributed by atoms with Crippen LogP contribution >= 0.6 is 0 Å². The first-order chi connectivity index (χ1) is 6.90. The predicted octanol–water partition coefficient (Wildman–Crippen LogP) is -1.44. The van der Waals surface area contributed by atoms with Gasteiger partial charge in [-0.1, -0.05) is 0 Å². The fourth-order valence-corrected chi connectivity index (χ4v) is 1.81. The lowest BCUT2D eigenvalue weighted by Gasteiger charge is -2.24. The van der Waals surface area contributed by atoms with Gasteiger partial charge in [-0.15, -0.1) is 0 Å². The number of likely N-dealkylation sites (tertiary alicyclic amines) is 1. The third-order valence-electron chi connectivity index (χ3n) is 3.17. The number of carbonyl (C=O) groups is 2. The molecule has 86 valence electrons. The van der Waals surface area contributed by atoms with Crippen molar-refractivity contribution >= 4 is 11.8 Å². The van der Waals surface area contributed by atoms with Crippen molar-refractivity contribution in [1.82, 2.24) is 10.3 Å². The molecule has 6 nitrogen and oxygen atoms in total. The first-order valence-corrected chi connectivity index (χ1v) is 4.95. The monoisotopic (exact) mass is 214 g/mol. The van der Waals surface area contributed by atoms with E-state index in [0.29, 0.717) is 19.5 Å². The van der Waals surface area contributed by atoms with Crippen LogP contribution in [0.1, 0.15) is 20.3 Å². The predicted molar refractivity (Wildman–Crippen MR) is 55.3 cm³/mol. The Morgan fingerprint density at radius 3 is 2.53 bits per heavy atom. The number of hydrogen-bond donors (Lipinski definition) is 3. The van der Waals surface area contributed by atoms with Gasteiger partial charge < -0.3 is 5.73 Å². The van der Waals surface area contributed by atoms with E-state index in [0.717, 1.165) is 0 Å². The standard InChI is InChI=1S/C9H18N4O2/c1-6(7(14)12-11)13-4-3-9(2,5-13)8(10)15/h6H,3-5,11H2,1-2H3,(H2,10,15)(H,12,14). The summed E-state index contributed by atoms with van der Waals surface area (Å²) < 4.78 is 0. The number of rotatable bonds is 3. The molecular formula is C9H18N4O2. The lowest BCUT2D eigenvalue weighted by Crippen LogP contribution is -2.48. The molecule has 0 bridgehead atoms. The molecule has 1 saturated heterocycles. The van der Waals surface area contributed by atoms with E-state index in [1.165, 1.54) is 0 Å². The molecule has 2 atom stereocenters. The molecule has 6 heteroatoms. The first kappa shape index (κ1) is 11.9. The van der Waals surface area contributed by atoms with Gasteiger partial charge in [0.15, 0.2) is 0 Å². The van der Waals surface area contributed by atoms with Crippen LogP contribution in [-0.2, 0) is 9.59 Å². The Morgan fingerprint density at radius 2 is 2.13 bits per heavy atom. The van der Waals surface area contributed by atoms with Crippen LogP contribution in [0, 0.1) is 5.41 Å². The number of hydrogen-bond acceptors (Lipinski definition) is 4. The van der Waals surface area contributed by atoms with E-state index < -0.39 is 5.41 Å². The summed E-state index contributed by atoms with van der Waals surface area (Å²) in [7, 11) is 0. The summed E-state index contributed by atoms with van der Waals surface area (Å²) in [5.74, 6) is 4.49. The number of carbonyl (C=O) groups excluding carboxylic acids is 2. The molecule has 2 unspecified atom stereocenters. The lowest BCUT2D eigenvalue weighted by atomic mass is 9.89. The highest BCUT2D eigenvalue weighted by molar-refractivity contribution is 5.82. The lowest BCUT2D eigenvalue weighted by molar-refractivity contribution is -0.128. The summed E-state index contributed by atoms with van der Waals surface area (Å²) in [6.45, 7) is 4.78. The first-order valence-electron chi connectivity index (χ1n) is 4.95. The number of primary amides is 1. The smallest absolute Gasteiger partial charge is 0.250 e. The maximum absolute atomic E-state index is 11.3. The molecule has 1 fully saturated rings. The van der Waals surface area contributed by atoms with Crippen molar-refractivity contribution in [1.29, 1.82) is 0 Å². The molecule has 1 aliphatic rings. The van der Waals surface area contributed by atoms with Crippen molar-refractivity contribution in [2.75, 3.05) is 13.1 Å². The van der Waals surface area contributed by atoms with E-state index >= 15 is 0 Å². The second kappa shape index (κ2) is 4.16. The van der Waals surface area contributed by atoms with Crippen molar-refractivity contribution in [3.05, 3.63) is 0 Å². The van der Waals surface area contributed by atoms with E-state index in [2.05, 4.69) is 5.43 Å². The normalized spacial score (nSPS) is 28.7. The minimum atomic E-state index is -0.525. The molecule has 0 aromatic rings. The molecule has 1 rings (SSSR count). The largest absolute Gasteiger partial charge is 0.369 e. The number of nitrogens with one attached hydrogen (secondary N) is 1. The van der Waals surface area contributed by atoms with Crippen LogP contribution in [0.3, 0.4) is 0 Å². The van der Waals surface area contributed by atoms with Crippen molar-refractivity contribution < 1.29 is 9.59 Å². The summed E-state index contributed by atoms with van der Waals surface area (Å²) in [4.78, 5) is 24.4. The molecule has 1 aliphatic heterocycles. The van der Waals surface area contributed by atoms with Gasteiger partial charge in [0.1, 0.15) is 0 Å². The SMILES string of the molecule is CC(C(=O)NN)N1CCC(C)(C(N)=O)C1. The molecule has 0 saturated carbocycles. The van der Waals surface area contributed by atoms with Crippen LogP contribution in [0.25, 0.3) is 0 Å². The van der Waals surface area contributed by atoms with Gasteiger partial charge in [-0.3, -0.25) is 19.9 Å². The van der Waals surface area contributed by atoms with Crippen molar-refractivity contribution in [2.24, 2.45) is 17.0 Å². The van der Waals surface area contributed by atoms with E-state index in [9.17, 15) is 9.59 Å². The summed E-state index contributed by atoms with van der Waals surface area (Å²) in [6.07, 6.45) is 0.685. The Morgan fingerprint density at radius 1 is 1.53 bits per heavy atom. The summed E-state index contributed by atoms with van der Waals surface area (Å²) in [6, 6.07) is -0.323. The number of nitrogens with zero attached hydrogens (tertiary/aromatic N) is 1. The van der Waals surface area contributed by atoms with E-state index in [4.69, 9.17) is 11.6 Å². The zero-order chi connectivity index (χ0) is 11.6. The van der Waals surface area contributed by atoms with Gasteiger partial charge in [0.25, 0.3) is 5.91 Å². The summed E-state index contributed by atoms with van der Waals surface area (Å²) in [5, 5.41) is 0. The van der Waals surface area contributed by atoms with Crippen LogP contribution in [0.15, 0.2) is 0 Å². The molecule has 5 N–H and O–H groups in total. The second-order valence-corrected chi connectivity index (χ2v) is 4.33. The number of amides is 2. The molecule has 1 heterocycles. The maximum Gasteiger partial charge on any atom is 0.250 e. The highest BCUT2D eigenvalue weighted by Crippen LogP contribution is 2.30. The van der Waals surface area contributed by atoms with Gasteiger partial charge in [-0.25, -0.2) is 5.84 Å². The van der Waals surface area contributed by atoms with Crippen LogP contribution in [0.5, 0.6) is 0 Å². The summed E-state index contributed by atoms with van der Waals surface area (Å²) in [5.41, 5.74) is 6.89. The molecular weight excluding hydrogens is 196 g/mol. The maximum atomic E-state index is 11.3. The van der Waals surface area contributed by atoms with Gasteiger partial charge in [-0.05, 0) is 20.3 Å². The van der Waals surface area contributed by atoms with E-state index in [1.807, 2.05) is 11.8 Å². The Labute approximate surface area is 88.9 Å². The van der Waals surface area contributed by atoms with Gasteiger partial charge in [-0.2, -0.15) is 0 Å². The number of hydrazine groups is 1. The molecule has 15 heavy (non-hydrogen) atoms. The highest BCUT2D eigenvalue weighted by Gasteiger charge is 2.41. The zero-order valence-electron chi connectivity index (χ0n) is 9.12. The van der Waals surface area contributed by atoms with Crippen molar-refractivity contribution in [3.63, 3.8) is 0 Å². The Bertz CT molecular complexity index is 281. The van der Waals surface area contributed by atoms with Crippen LogP contribution in [0.4, 0.5) is 0 Å². The molecule has 0 radical (unpaired) electrons. The van der Waals surface area contributed by atoms with Gasteiger partial charge >= 0.3 is 0 Å².